The quantitative estimate of drug-likeness (QED) is 0.524. The third-order valence-electron chi connectivity index (χ3n) is 6.85. The molecule has 3 heterocycles. The second-order valence-electron chi connectivity index (χ2n) is 8.61. The minimum absolute atomic E-state index is 0.0173. The zero-order valence-electron chi connectivity index (χ0n) is 17.5. The van der Waals surface area contributed by atoms with Crippen molar-refractivity contribution in [3.8, 4) is 0 Å². The van der Waals surface area contributed by atoms with E-state index in [4.69, 9.17) is 17.3 Å². The van der Waals surface area contributed by atoms with E-state index in [1.807, 2.05) is 0 Å². The molecule has 5 rings (SSSR count). The van der Waals surface area contributed by atoms with Crippen molar-refractivity contribution in [1.29, 1.82) is 0 Å². The van der Waals surface area contributed by atoms with Crippen LogP contribution < -0.4 is 21.3 Å². The highest BCUT2D eigenvalue weighted by atomic mass is 79.9. The van der Waals surface area contributed by atoms with Gasteiger partial charge in [0.25, 0.3) is 0 Å². The predicted octanol–water partition coefficient (Wildman–Crippen LogP) is 2.60. The van der Waals surface area contributed by atoms with E-state index in [1.165, 1.54) is 0 Å². The highest BCUT2D eigenvalue weighted by molar-refractivity contribution is 9.10. The first-order valence-electron chi connectivity index (χ1n) is 10.5. The Kier molecular flexibility index (Phi) is 5.11. The molecule has 0 bridgehead atoms. The number of nitrogens with one attached hydrogen (secondary N) is 2. The van der Waals surface area contributed by atoms with Crippen LogP contribution in [-0.2, 0) is 24.7 Å². The second-order valence-corrected chi connectivity index (χ2v) is 9.93. The van der Waals surface area contributed by atoms with Gasteiger partial charge in [-0.2, -0.15) is 0 Å². The van der Waals surface area contributed by atoms with Gasteiger partial charge in [-0.3, -0.25) is 24.5 Å². The van der Waals surface area contributed by atoms with E-state index in [-0.39, 0.29) is 12.8 Å². The first kappa shape index (κ1) is 22.1. The summed E-state index contributed by atoms with van der Waals surface area (Å²) in [6.45, 7) is 1.78. The van der Waals surface area contributed by atoms with Crippen LogP contribution in [0.4, 0.5) is 11.4 Å². The second kappa shape index (κ2) is 7.65. The van der Waals surface area contributed by atoms with E-state index in [0.29, 0.717) is 32.0 Å². The molecule has 2 fully saturated rings. The van der Waals surface area contributed by atoms with Crippen LogP contribution in [0.1, 0.15) is 24.0 Å². The van der Waals surface area contributed by atoms with Gasteiger partial charge < -0.3 is 11.1 Å². The van der Waals surface area contributed by atoms with Crippen molar-refractivity contribution >= 4 is 62.5 Å². The summed E-state index contributed by atoms with van der Waals surface area (Å²) in [5.74, 6) is -3.63. The van der Waals surface area contributed by atoms with Crippen LogP contribution in [0.3, 0.4) is 0 Å². The Morgan fingerprint density at radius 3 is 2.67 bits per heavy atom. The zero-order valence-corrected chi connectivity index (χ0v) is 19.9. The number of hydrogen-bond acceptors (Lipinski definition) is 5. The number of fused-ring (bicyclic) bond motifs is 4. The highest BCUT2D eigenvalue weighted by Crippen LogP contribution is 2.55. The lowest BCUT2D eigenvalue weighted by Gasteiger charge is -2.29. The summed E-state index contributed by atoms with van der Waals surface area (Å²) in [5.41, 5.74) is 6.12. The topological polar surface area (TPSA) is 122 Å². The van der Waals surface area contributed by atoms with Gasteiger partial charge in [-0.05, 0) is 43.2 Å². The van der Waals surface area contributed by atoms with Gasteiger partial charge in [0.05, 0.1) is 23.2 Å². The third-order valence-corrected chi connectivity index (χ3v) is 7.76. The summed E-state index contributed by atoms with van der Waals surface area (Å²) in [5, 5.41) is 6.63. The summed E-state index contributed by atoms with van der Waals surface area (Å²) in [6, 6.07) is 9.68. The molecule has 2 saturated heterocycles. The van der Waals surface area contributed by atoms with Crippen molar-refractivity contribution in [1.82, 2.24) is 5.32 Å². The van der Waals surface area contributed by atoms with Crippen LogP contribution in [0.5, 0.6) is 0 Å². The predicted molar refractivity (Wildman–Crippen MR) is 125 cm³/mol. The number of amides is 4. The molecule has 0 aliphatic carbocycles. The fourth-order valence-electron chi connectivity index (χ4n) is 5.41. The monoisotopic (exact) mass is 530 g/mol. The molecular formula is C23H20BrClN4O4. The van der Waals surface area contributed by atoms with Crippen LogP contribution in [0.2, 0.25) is 5.02 Å². The maximum Gasteiger partial charge on any atom is 0.250 e. The Morgan fingerprint density at radius 1 is 1.21 bits per heavy atom. The van der Waals surface area contributed by atoms with E-state index in [2.05, 4.69) is 26.6 Å². The standard InChI is InChI=1S/C23H20BrClN4O4/c1-10-14(25)6-5-13-19(10)27-22(33)23(13)18-17(15(28-23)7-8-16(26)30)20(31)29(21(18)32)12-4-2-3-11(24)9-12/h2-6,9,15,17-18,28H,7-8H2,1H3,(H2,26,30)(H,27,33)/t15-,17+,18-,23-/m0/s1. The van der Waals surface area contributed by atoms with Gasteiger partial charge in [0.15, 0.2) is 0 Å². The Labute approximate surface area is 203 Å². The van der Waals surface area contributed by atoms with E-state index < -0.39 is 47.0 Å². The minimum Gasteiger partial charge on any atom is -0.370 e. The number of nitrogens with zero attached hydrogens (tertiary/aromatic N) is 1. The Bertz CT molecular complexity index is 1250. The smallest absolute Gasteiger partial charge is 0.250 e. The molecule has 4 N–H and O–H groups in total. The van der Waals surface area contributed by atoms with Crippen molar-refractivity contribution in [2.24, 2.45) is 17.6 Å². The molecule has 170 valence electrons. The van der Waals surface area contributed by atoms with Crippen LogP contribution in [0, 0.1) is 18.8 Å². The highest BCUT2D eigenvalue weighted by Gasteiger charge is 2.70. The van der Waals surface area contributed by atoms with E-state index in [9.17, 15) is 19.2 Å². The van der Waals surface area contributed by atoms with Crippen LogP contribution in [0.15, 0.2) is 40.9 Å². The largest absolute Gasteiger partial charge is 0.370 e. The normalized spacial score (nSPS) is 27.8. The fraction of sp³-hybridized carbons (Fsp3) is 0.304. The molecule has 0 aromatic heterocycles. The van der Waals surface area contributed by atoms with Gasteiger partial charge in [-0.15, -0.1) is 0 Å². The number of benzene rings is 2. The number of carbonyl (C=O) groups is 4. The first-order valence-corrected chi connectivity index (χ1v) is 11.6. The van der Waals surface area contributed by atoms with E-state index in [0.717, 1.165) is 4.90 Å². The summed E-state index contributed by atoms with van der Waals surface area (Å²) in [4.78, 5) is 53.6. The minimum atomic E-state index is -1.45. The molecule has 2 aromatic rings. The Morgan fingerprint density at radius 2 is 1.97 bits per heavy atom. The summed E-state index contributed by atoms with van der Waals surface area (Å²) in [6.07, 6.45) is 0.238. The van der Waals surface area contributed by atoms with Crippen LogP contribution >= 0.6 is 27.5 Å². The van der Waals surface area contributed by atoms with E-state index in [1.54, 1.807) is 43.3 Å². The fourth-order valence-corrected chi connectivity index (χ4v) is 5.95. The molecule has 3 aliphatic heterocycles. The number of hydrogen-bond donors (Lipinski definition) is 3. The summed E-state index contributed by atoms with van der Waals surface area (Å²) in [7, 11) is 0. The average molecular weight is 532 g/mol. The van der Waals surface area contributed by atoms with Gasteiger partial charge in [0, 0.05) is 27.5 Å². The first-order chi connectivity index (χ1) is 15.7. The lowest BCUT2D eigenvalue weighted by molar-refractivity contribution is -0.130. The molecule has 3 aliphatic rings. The number of imide groups is 1. The lowest BCUT2D eigenvalue weighted by Crippen LogP contribution is -2.53. The molecule has 8 nitrogen and oxygen atoms in total. The van der Waals surface area contributed by atoms with Crippen LogP contribution in [0.25, 0.3) is 0 Å². The number of carbonyl (C=O) groups excluding carboxylic acids is 4. The SMILES string of the molecule is Cc1c(Cl)ccc2c1NC(=O)[C@]21N[C@@H](CCC(N)=O)[C@H]2C(=O)N(c3cccc(Br)c3)C(=O)[C@H]21. The van der Waals surface area contributed by atoms with Crippen molar-refractivity contribution in [2.45, 2.75) is 31.3 Å². The van der Waals surface area contributed by atoms with Gasteiger partial charge in [0.1, 0.15) is 5.54 Å². The van der Waals surface area contributed by atoms with E-state index >= 15 is 0 Å². The number of halogens is 2. The molecule has 0 unspecified atom stereocenters. The molecular weight excluding hydrogens is 512 g/mol. The molecule has 0 radical (unpaired) electrons. The molecule has 4 atom stereocenters. The van der Waals surface area contributed by atoms with Gasteiger partial charge in [0.2, 0.25) is 23.6 Å². The van der Waals surface area contributed by atoms with Crippen molar-refractivity contribution in [2.75, 3.05) is 10.2 Å². The molecule has 2 aromatic carbocycles. The van der Waals surface area contributed by atoms with Crippen LogP contribution in [-0.4, -0.2) is 29.7 Å². The molecule has 1 spiro atoms. The molecule has 0 saturated carbocycles. The number of primary amides is 1. The number of nitrogens with two attached hydrogens (primary N) is 1. The van der Waals surface area contributed by atoms with Crippen molar-refractivity contribution < 1.29 is 19.2 Å². The molecule has 10 heteroatoms. The Hall–Kier alpha value is -2.75. The third kappa shape index (κ3) is 3.06. The number of rotatable bonds is 4. The molecule has 33 heavy (non-hydrogen) atoms. The maximum absolute atomic E-state index is 13.8. The summed E-state index contributed by atoms with van der Waals surface area (Å²) < 4.78 is 0.713. The molecule has 4 amide bonds. The van der Waals surface area contributed by atoms with Crippen molar-refractivity contribution in [3.63, 3.8) is 0 Å². The summed E-state index contributed by atoms with van der Waals surface area (Å²) >= 11 is 9.65. The lowest BCUT2D eigenvalue weighted by atomic mass is 9.76. The average Bonchev–Trinajstić information content (AvgIpc) is 3.34. The zero-order chi connectivity index (χ0) is 23.7. The Balaban J connectivity index is 1.67. The van der Waals surface area contributed by atoms with Gasteiger partial charge in [-0.25, -0.2) is 4.90 Å². The number of anilines is 2. The van der Waals surface area contributed by atoms with Gasteiger partial charge in [-0.1, -0.05) is 39.7 Å². The van der Waals surface area contributed by atoms with Gasteiger partial charge >= 0.3 is 0 Å². The van der Waals surface area contributed by atoms with Crippen molar-refractivity contribution in [3.05, 3.63) is 57.0 Å². The maximum atomic E-state index is 13.8.